The van der Waals surface area contributed by atoms with Crippen LogP contribution in [0.25, 0.3) is 0 Å². The molecule has 6 heteroatoms. The maximum absolute atomic E-state index is 11.7. The van der Waals surface area contributed by atoms with Crippen LogP contribution >= 0.6 is 0 Å². The van der Waals surface area contributed by atoms with Crippen molar-refractivity contribution in [2.24, 2.45) is 0 Å². The van der Waals surface area contributed by atoms with E-state index in [1.807, 2.05) is 6.92 Å². The molecule has 2 N–H and O–H groups in total. The monoisotopic (exact) mass is 252 g/mol. The number of carbonyl (C=O) groups is 1. The molecule has 0 aliphatic carbocycles. The highest BCUT2D eigenvalue weighted by Crippen LogP contribution is 2.18. The van der Waals surface area contributed by atoms with Gasteiger partial charge < -0.3 is 15.0 Å². The van der Waals surface area contributed by atoms with E-state index in [0.717, 1.165) is 11.8 Å². The third-order valence-electron chi connectivity index (χ3n) is 1.42. The van der Waals surface area contributed by atoms with Crippen molar-refractivity contribution in [2.45, 2.75) is 20.0 Å². The first kappa shape index (κ1) is 17.8. The van der Waals surface area contributed by atoms with Crippen LogP contribution in [0.3, 0.4) is 0 Å². The Hall–Kier alpha value is -1.56. The van der Waals surface area contributed by atoms with Crippen LogP contribution < -0.4 is 4.74 Å². The first-order valence-electron chi connectivity index (χ1n) is 4.55. The Bertz CT molecular complexity index is 307. The number of aldehydes is 1. The summed E-state index contributed by atoms with van der Waals surface area (Å²) in [5.41, 5.74) is 0.986. The van der Waals surface area contributed by atoms with Gasteiger partial charge in [0.25, 0.3) is 0 Å². The van der Waals surface area contributed by atoms with Gasteiger partial charge in [-0.05, 0) is 26.0 Å². The summed E-state index contributed by atoms with van der Waals surface area (Å²) in [5, 5.41) is 0. The molecule has 0 aliphatic rings. The van der Waals surface area contributed by atoms with Gasteiger partial charge in [-0.2, -0.15) is 13.2 Å². The maximum atomic E-state index is 11.7. The minimum Gasteiger partial charge on any atom is -0.484 e. The van der Waals surface area contributed by atoms with Crippen LogP contribution in [-0.2, 0) is 4.79 Å². The van der Waals surface area contributed by atoms with Gasteiger partial charge in [-0.25, -0.2) is 0 Å². The van der Waals surface area contributed by atoms with E-state index >= 15 is 0 Å². The van der Waals surface area contributed by atoms with Crippen molar-refractivity contribution in [3.05, 3.63) is 29.8 Å². The summed E-state index contributed by atoms with van der Waals surface area (Å²) in [6.07, 6.45) is -3.52. The lowest BCUT2D eigenvalue weighted by Gasteiger charge is -2.08. The molecule has 0 heterocycles. The van der Waals surface area contributed by atoms with Gasteiger partial charge in [0, 0.05) is 0 Å². The molecule has 0 spiro atoms. The molecule has 0 saturated heterocycles. The van der Waals surface area contributed by atoms with Crippen molar-refractivity contribution in [2.75, 3.05) is 6.61 Å². The minimum atomic E-state index is -4.27. The van der Waals surface area contributed by atoms with E-state index in [1.165, 1.54) is 19.1 Å². The van der Waals surface area contributed by atoms with Crippen molar-refractivity contribution in [3.63, 3.8) is 0 Å². The molecule has 1 aromatic rings. The molecule has 0 fully saturated rings. The van der Waals surface area contributed by atoms with E-state index in [0.29, 0.717) is 0 Å². The standard InChI is InChI=1S/C9H9F3O.C2H4O.H2O/c1-7-2-4-8(5-3-7)13-6-9(10,11)12;1-2-3;/h2-5H,6H2,1H3;2H,1H3;1H2. The van der Waals surface area contributed by atoms with E-state index in [4.69, 9.17) is 4.79 Å². The second-order valence-corrected chi connectivity index (χ2v) is 2.95. The van der Waals surface area contributed by atoms with Crippen molar-refractivity contribution in [3.8, 4) is 5.75 Å². The SMILES string of the molecule is CC=O.Cc1ccc(OCC(F)(F)F)cc1.O. The highest BCUT2D eigenvalue weighted by Gasteiger charge is 2.28. The Morgan fingerprint density at radius 2 is 1.65 bits per heavy atom. The number of ether oxygens (including phenoxy) is 1. The summed E-state index contributed by atoms with van der Waals surface area (Å²) in [6, 6.07) is 6.43. The molecular weight excluding hydrogens is 237 g/mol. The molecule has 0 amide bonds. The molecule has 3 nitrogen and oxygen atoms in total. The van der Waals surface area contributed by atoms with Crippen LogP contribution in [0.4, 0.5) is 13.2 Å². The Kier molecular flexibility index (Phi) is 8.99. The zero-order chi connectivity index (χ0) is 12.6. The Morgan fingerprint density at radius 1 is 1.24 bits per heavy atom. The molecule has 0 radical (unpaired) electrons. The Morgan fingerprint density at radius 3 is 2.00 bits per heavy atom. The third kappa shape index (κ3) is 10.7. The fourth-order valence-corrected chi connectivity index (χ4v) is 0.800. The fraction of sp³-hybridized carbons (Fsp3) is 0.364. The molecule has 0 aromatic heterocycles. The number of carbonyl (C=O) groups excluding carboxylic acids is 1. The van der Waals surface area contributed by atoms with E-state index in [-0.39, 0.29) is 11.2 Å². The lowest BCUT2D eigenvalue weighted by molar-refractivity contribution is -0.153. The van der Waals surface area contributed by atoms with Gasteiger partial charge in [0.15, 0.2) is 6.61 Å². The Balaban J connectivity index is 0. The average molecular weight is 252 g/mol. The molecule has 98 valence electrons. The number of alkyl halides is 3. The van der Waals surface area contributed by atoms with Crippen LogP contribution in [0.1, 0.15) is 12.5 Å². The molecule has 1 aromatic carbocycles. The molecule has 0 saturated carbocycles. The topological polar surface area (TPSA) is 57.8 Å². The van der Waals surface area contributed by atoms with Gasteiger partial charge in [0.2, 0.25) is 0 Å². The van der Waals surface area contributed by atoms with Crippen molar-refractivity contribution in [1.29, 1.82) is 0 Å². The molecule has 17 heavy (non-hydrogen) atoms. The highest BCUT2D eigenvalue weighted by molar-refractivity contribution is 5.44. The van der Waals surface area contributed by atoms with Crippen LogP contribution in [-0.4, -0.2) is 24.5 Å². The van der Waals surface area contributed by atoms with Gasteiger partial charge in [-0.15, -0.1) is 0 Å². The van der Waals surface area contributed by atoms with Crippen LogP contribution in [0.2, 0.25) is 0 Å². The molecule has 0 bridgehead atoms. The predicted octanol–water partition coefficient (Wildman–Crippen LogP) is 2.32. The van der Waals surface area contributed by atoms with E-state index in [2.05, 4.69) is 4.74 Å². The molecule has 0 unspecified atom stereocenters. The second kappa shape index (κ2) is 8.58. The molecule has 0 aliphatic heterocycles. The van der Waals surface area contributed by atoms with Gasteiger partial charge in [0.05, 0.1) is 0 Å². The van der Waals surface area contributed by atoms with Crippen LogP contribution in [0.5, 0.6) is 5.75 Å². The molecule has 1 rings (SSSR count). The zero-order valence-corrected chi connectivity index (χ0v) is 9.54. The van der Waals surface area contributed by atoms with Crippen molar-refractivity contribution in [1.82, 2.24) is 0 Å². The summed E-state index contributed by atoms with van der Waals surface area (Å²) in [6.45, 7) is 2.06. The predicted molar refractivity (Wildman–Crippen MR) is 58.1 cm³/mol. The summed E-state index contributed by atoms with van der Waals surface area (Å²) in [5.74, 6) is 0.239. The number of halogens is 3. The number of hydrogen-bond donors (Lipinski definition) is 0. The number of benzene rings is 1. The smallest absolute Gasteiger partial charge is 0.422 e. The van der Waals surface area contributed by atoms with E-state index < -0.39 is 12.8 Å². The first-order chi connectivity index (χ1) is 7.39. The summed E-state index contributed by atoms with van der Waals surface area (Å²) >= 11 is 0. The summed E-state index contributed by atoms with van der Waals surface area (Å²) in [4.78, 5) is 8.81. The van der Waals surface area contributed by atoms with E-state index in [1.54, 1.807) is 12.1 Å². The lowest BCUT2D eigenvalue weighted by Crippen LogP contribution is -2.19. The van der Waals surface area contributed by atoms with Crippen molar-refractivity contribution >= 4 is 6.29 Å². The number of aryl methyl sites for hydroxylation is 1. The maximum Gasteiger partial charge on any atom is 0.422 e. The average Bonchev–Trinajstić information content (AvgIpc) is 2.17. The zero-order valence-electron chi connectivity index (χ0n) is 9.54. The van der Waals surface area contributed by atoms with Crippen LogP contribution in [0.15, 0.2) is 24.3 Å². The minimum absolute atomic E-state index is 0. The normalized spacial score (nSPS) is 9.47. The van der Waals surface area contributed by atoms with Gasteiger partial charge in [-0.1, -0.05) is 17.7 Å². The van der Waals surface area contributed by atoms with Gasteiger partial charge in [0.1, 0.15) is 12.0 Å². The Labute approximate surface area is 97.5 Å². The van der Waals surface area contributed by atoms with Gasteiger partial charge in [-0.3, -0.25) is 0 Å². The van der Waals surface area contributed by atoms with Crippen molar-refractivity contribution < 1.29 is 28.2 Å². The largest absolute Gasteiger partial charge is 0.484 e. The van der Waals surface area contributed by atoms with E-state index in [9.17, 15) is 13.2 Å². The highest BCUT2D eigenvalue weighted by atomic mass is 19.4. The summed E-state index contributed by atoms with van der Waals surface area (Å²) < 4.78 is 39.6. The molecular formula is C11H15F3O3. The number of rotatable bonds is 2. The second-order valence-electron chi connectivity index (χ2n) is 2.95. The van der Waals surface area contributed by atoms with Gasteiger partial charge >= 0.3 is 6.18 Å². The lowest BCUT2D eigenvalue weighted by atomic mass is 10.2. The third-order valence-corrected chi connectivity index (χ3v) is 1.42. The molecule has 0 atom stereocenters. The quantitative estimate of drug-likeness (QED) is 0.758. The fourth-order valence-electron chi connectivity index (χ4n) is 0.800. The summed E-state index contributed by atoms with van der Waals surface area (Å²) in [7, 11) is 0. The first-order valence-corrected chi connectivity index (χ1v) is 4.55. The van der Waals surface area contributed by atoms with Crippen LogP contribution in [0, 0.1) is 6.92 Å². The number of hydrogen-bond acceptors (Lipinski definition) is 2.